The molecule has 2 aromatic rings. The van der Waals surface area contributed by atoms with Crippen molar-refractivity contribution in [2.24, 2.45) is 0 Å². The van der Waals surface area contributed by atoms with E-state index in [9.17, 15) is 9.59 Å². The Morgan fingerprint density at radius 3 is 2.46 bits per heavy atom. The molecule has 0 radical (unpaired) electrons. The van der Waals surface area contributed by atoms with Gasteiger partial charge in [0, 0.05) is 5.69 Å². The molecule has 0 saturated carbocycles. The van der Waals surface area contributed by atoms with E-state index in [1.165, 1.54) is 7.11 Å². The van der Waals surface area contributed by atoms with E-state index in [0.29, 0.717) is 23.4 Å². The fraction of sp³-hybridized carbons (Fsp3) is 0.263. The Morgan fingerprint density at radius 1 is 1.12 bits per heavy atom. The lowest BCUT2D eigenvalue weighted by Gasteiger charge is -2.17. The number of anilines is 1. The van der Waals surface area contributed by atoms with Crippen LogP contribution in [0, 0.1) is 6.92 Å². The number of ether oxygens (including phenoxy) is 2. The highest BCUT2D eigenvalue weighted by molar-refractivity contribution is 5.96. The van der Waals surface area contributed by atoms with Crippen molar-refractivity contribution >= 4 is 17.6 Å². The molecule has 126 valence electrons. The topological polar surface area (TPSA) is 64.6 Å². The van der Waals surface area contributed by atoms with Crippen molar-refractivity contribution in [1.82, 2.24) is 0 Å². The van der Waals surface area contributed by atoms with Crippen LogP contribution in [0.1, 0.15) is 29.3 Å². The molecular formula is C19H21NO4. The van der Waals surface area contributed by atoms with Crippen molar-refractivity contribution in [3.05, 3.63) is 59.7 Å². The van der Waals surface area contributed by atoms with Crippen LogP contribution in [-0.2, 0) is 9.53 Å². The Hall–Kier alpha value is -2.82. The number of hydrogen-bond acceptors (Lipinski definition) is 4. The number of nitrogens with one attached hydrogen (secondary N) is 1. The van der Waals surface area contributed by atoms with Crippen LogP contribution in [0.25, 0.3) is 0 Å². The maximum absolute atomic E-state index is 12.4. The van der Waals surface area contributed by atoms with Crippen LogP contribution >= 0.6 is 0 Å². The summed E-state index contributed by atoms with van der Waals surface area (Å²) in [5.74, 6) is -0.0694. The lowest BCUT2D eigenvalue weighted by molar-refractivity contribution is -0.122. The van der Waals surface area contributed by atoms with Crippen molar-refractivity contribution in [3.8, 4) is 5.75 Å². The minimum Gasteiger partial charge on any atom is -0.481 e. The van der Waals surface area contributed by atoms with Crippen molar-refractivity contribution in [2.45, 2.75) is 26.4 Å². The average molecular weight is 327 g/mol. The summed E-state index contributed by atoms with van der Waals surface area (Å²) < 4.78 is 10.4. The maximum atomic E-state index is 12.4. The Morgan fingerprint density at radius 2 is 1.83 bits per heavy atom. The minimum atomic E-state index is -0.616. The highest BCUT2D eigenvalue weighted by Gasteiger charge is 2.19. The first-order valence-electron chi connectivity index (χ1n) is 7.76. The number of rotatable bonds is 6. The minimum absolute atomic E-state index is 0.264. The summed E-state index contributed by atoms with van der Waals surface area (Å²) in [4.78, 5) is 24.0. The number of esters is 1. The van der Waals surface area contributed by atoms with Crippen LogP contribution in [0.5, 0.6) is 5.75 Å². The van der Waals surface area contributed by atoms with Crippen LogP contribution in [0.15, 0.2) is 48.5 Å². The standard InChI is InChI=1S/C19H21NO4/c1-4-17(24-16-10-8-13(2)9-11-16)18(21)20-15-7-5-6-14(12-15)19(22)23-3/h5-12,17H,4H2,1-3H3,(H,20,21). The third-order valence-electron chi connectivity index (χ3n) is 3.51. The van der Waals surface area contributed by atoms with Crippen LogP contribution in [0.4, 0.5) is 5.69 Å². The zero-order valence-corrected chi connectivity index (χ0v) is 14.0. The molecule has 0 bridgehead atoms. The van der Waals surface area contributed by atoms with E-state index in [1.807, 2.05) is 38.1 Å². The van der Waals surface area contributed by atoms with Crippen LogP contribution in [-0.4, -0.2) is 25.1 Å². The van der Waals surface area contributed by atoms with Crippen molar-refractivity contribution in [2.75, 3.05) is 12.4 Å². The van der Waals surface area contributed by atoms with Gasteiger partial charge in [0.15, 0.2) is 6.10 Å². The van der Waals surface area contributed by atoms with E-state index in [1.54, 1.807) is 24.3 Å². The van der Waals surface area contributed by atoms with E-state index in [2.05, 4.69) is 10.1 Å². The van der Waals surface area contributed by atoms with Crippen molar-refractivity contribution in [1.29, 1.82) is 0 Å². The number of methoxy groups -OCH3 is 1. The second-order valence-corrected chi connectivity index (χ2v) is 5.39. The monoisotopic (exact) mass is 327 g/mol. The first-order valence-corrected chi connectivity index (χ1v) is 7.76. The van der Waals surface area contributed by atoms with Crippen molar-refractivity contribution < 1.29 is 19.1 Å². The largest absolute Gasteiger partial charge is 0.481 e. The van der Waals surface area contributed by atoms with E-state index in [4.69, 9.17) is 4.74 Å². The molecule has 0 aromatic heterocycles. The van der Waals surface area contributed by atoms with Gasteiger partial charge in [0.2, 0.25) is 0 Å². The molecule has 5 nitrogen and oxygen atoms in total. The van der Waals surface area contributed by atoms with Gasteiger partial charge >= 0.3 is 5.97 Å². The summed E-state index contributed by atoms with van der Waals surface area (Å²) in [6.45, 7) is 3.87. The van der Waals surface area contributed by atoms with Gasteiger partial charge in [0.05, 0.1) is 12.7 Å². The second kappa shape index (κ2) is 8.15. The molecule has 0 spiro atoms. The first-order chi connectivity index (χ1) is 11.5. The molecule has 0 saturated heterocycles. The predicted octanol–water partition coefficient (Wildman–Crippen LogP) is 3.58. The highest BCUT2D eigenvalue weighted by Crippen LogP contribution is 2.17. The normalized spacial score (nSPS) is 11.5. The number of hydrogen-bond donors (Lipinski definition) is 1. The lowest BCUT2D eigenvalue weighted by atomic mass is 10.2. The Kier molecular flexibility index (Phi) is 5.95. The van der Waals surface area contributed by atoms with Gasteiger partial charge in [-0.1, -0.05) is 30.7 Å². The molecule has 0 aliphatic heterocycles. The molecule has 0 fully saturated rings. The third kappa shape index (κ3) is 4.59. The maximum Gasteiger partial charge on any atom is 0.337 e. The van der Waals surface area contributed by atoms with E-state index < -0.39 is 12.1 Å². The van der Waals surface area contributed by atoms with Gasteiger partial charge in [0.1, 0.15) is 5.75 Å². The lowest BCUT2D eigenvalue weighted by Crippen LogP contribution is -2.32. The number of carbonyl (C=O) groups is 2. The zero-order valence-electron chi connectivity index (χ0n) is 14.0. The molecule has 0 aliphatic rings. The van der Waals surface area contributed by atoms with Gasteiger partial charge < -0.3 is 14.8 Å². The fourth-order valence-electron chi connectivity index (χ4n) is 2.17. The van der Waals surface area contributed by atoms with Gasteiger partial charge in [-0.3, -0.25) is 4.79 Å². The van der Waals surface area contributed by atoms with Crippen LogP contribution in [0.3, 0.4) is 0 Å². The quantitative estimate of drug-likeness (QED) is 0.824. The molecule has 24 heavy (non-hydrogen) atoms. The molecule has 1 N–H and O–H groups in total. The predicted molar refractivity (Wildman–Crippen MR) is 92.3 cm³/mol. The number of amides is 1. The molecule has 0 aliphatic carbocycles. The van der Waals surface area contributed by atoms with Gasteiger partial charge in [-0.05, 0) is 43.7 Å². The van der Waals surface area contributed by atoms with E-state index >= 15 is 0 Å². The van der Waals surface area contributed by atoms with Crippen molar-refractivity contribution in [3.63, 3.8) is 0 Å². The smallest absolute Gasteiger partial charge is 0.337 e. The molecule has 2 aromatic carbocycles. The molecule has 5 heteroatoms. The fourth-order valence-corrected chi connectivity index (χ4v) is 2.17. The third-order valence-corrected chi connectivity index (χ3v) is 3.51. The average Bonchev–Trinajstić information content (AvgIpc) is 2.60. The van der Waals surface area contributed by atoms with Gasteiger partial charge in [-0.15, -0.1) is 0 Å². The summed E-state index contributed by atoms with van der Waals surface area (Å²) >= 11 is 0. The molecular weight excluding hydrogens is 306 g/mol. The van der Waals surface area contributed by atoms with E-state index in [-0.39, 0.29) is 5.91 Å². The van der Waals surface area contributed by atoms with Gasteiger partial charge in [-0.2, -0.15) is 0 Å². The summed E-state index contributed by atoms with van der Waals surface area (Å²) in [7, 11) is 1.32. The van der Waals surface area contributed by atoms with Crippen LogP contribution in [0.2, 0.25) is 0 Å². The second-order valence-electron chi connectivity index (χ2n) is 5.39. The number of benzene rings is 2. The molecule has 0 heterocycles. The Labute approximate surface area is 141 Å². The van der Waals surface area contributed by atoms with Gasteiger partial charge in [0.25, 0.3) is 5.91 Å². The van der Waals surface area contributed by atoms with E-state index in [0.717, 1.165) is 5.56 Å². The summed E-state index contributed by atoms with van der Waals surface area (Å²) in [5, 5.41) is 2.77. The number of aryl methyl sites for hydroxylation is 1. The van der Waals surface area contributed by atoms with Gasteiger partial charge in [-0.25, -0.2) is 4.79 Å². The highest BCUT2D eigenvalue weighted by atomic mass is 16.5. The Balaban J connectivity index is 2.06. The molecule has 2 rings (SSSR count). The summed E-state index contributed by atoms with van der Waals surface area (Å²) in [6, 6.07) is 14.1. The molecule has 1 unspecified atom stereocenters. The van der Waals surface area contributed by atoms with Crippen LogP contribution < -0.4 is 10.1 Å². The molecule has 1 amide bonds. The summed E-state index contributed by atoms with van der Waals surface area (Å²) in [5.41, 5.74) is 2.02. The Bertz CT molecular complexity index is 710. The zero-order chi connectivity index (χ0) is 17.5. The first kappa shape index (κ1) is 17.5. The molecule has 1 atom stereocenters. The number of carbonyl (C=O) groups excluding carboxylic acids is 2. The summed E-state index contributed by atoms with van der Waals surface area (Å²) in [6.07, 6.45) is -0.0920. The SMILES string of the molecule is CCC(Oc1ccc(C)cc1)C(=O)Nc1cccc(C(=O)OC)c1.